The second kappa shape index (κ2) is 7.56. The first-order valence-electron chi connectivity index (χ1n) is 10.3. The minimum Gasteiger partial charge on any atom is -0.324 e. The summed E-state index contributed by atoms with van der Waals surface area (Å²) in [6.07, 6.45) is 5.07. The molecule has 0 bridgehead atoms. The van der Waals surface area contributed by atoms with Crippen LogP contribution in [-0.4, -0.2) is 46.8 Å². The van der Waals surface area contributed by atoms with E-state index >= 15 is 0 Å². The minimum atomic E-state index is -0.927. The molecule has 2 saturated heterocycles. The standard InChI is InChI=1S/C24H20N4O4/c1-14(29)15-9-11-17(12-10-15)27-23(31)19-18-8-5-13-25-28(18)21(20(19)24(27)32)22(30)26-16-6-3-2-4-7-16/h2-13,18-21H,1H3,(H,26,30). The molecule has 2 fully saturated rings. The van der Waals surface area contributed by atoms with Gasteiger partial charge in [-0.15, -0.1) is 0 Å². The molecule has 2 aromatic rings. The normalized spacial score (nSPS) is 25.7. The maximum Gasteiger partial charge on any atom is 0.249 e. The van der Waals surface area contributed by atoms with E-state index in [9.17, 15) is 19.2 Å². The predicted octanol–water partition coefficient (Wildman–Crippen LogP) is 2.24. The first kappa shape index (κ1) is 19.9. The fraction of sp³-hybridized carbons (Fsp3) is 0.208. The molecule has 3 aliphatic heterocycles. The lowest BCUT2D eigenvalue weighted by molar-refractivity contribution is -0.129. The monoisotopic (exact) mass is 428 g/mol. The van der Waals surface area contributed by atoms with Gasteiger partial charge in [-0.2, -0.15) is 5.10 Å². The number of benzene rings is 2. The van der Waals surface area contributed by atoms with E-state index in [1.165, 1.54) is 6.92 Å². The minimum absolute atomic E-state index is 0.106. The van der Waals surface area contributed by atoms with Gasteiger partial charge >= 0.3 is 0 Å². The van der Waals surface area contributed by atoms with Gasteiger partial charge in [0.15, 0.2) is 5.78 Å². The lowest BCUT2D eigenvalue weighted by Gasteiger charge is -2.30. The third kappa shape index (κ3) is 3.03. The average Bonchev–Trinajstić information content (AvgIpc) is 3.27. The van der Waals surface area contributed by atoms with Crippen LogP contribution >= 0.6 is 0 Å². The molecule has 0 aliphatic carbocycles. The molecule has 160 valence electrons. The van der Waals surface area contributed by atoms with Crippen molar-refractivity contribution in [1.82, 2.24) is 5.01 Å². The van der Waals surface area contributed by atoms with Crippen LogP contribution in [0.15, 0.2) is 71.9 Å². The maximum atomic E-state index is 13.5. The summed E-state index contributed by atoms with van der Waals surface area (Å²) < 4.78 is 0. The second-order valence-corrected chi connectivity index (χ2v) is 7.99. The SMILES string of the molecule is CC(=O)c1ccc(N2C(=O)C3C(C2=O)C(C(=O)Nc2ccccc2)N2N=CC=CC32)cc1. The Labute approximate surface area is 184 Å². The van der Waals surface area contributed by atoms with Gasteiger partial charge in [0.1, 0.15) is 6.04 Å². The third-order valence-corrected chi connectivity index (χ3v) is 6.13. The van der Waals surface area contributed by atoms with Gasteiger partial charge in [0.05, 0.1) is 23.6 Å². The quantitative estimate of drug-likeness (QED) is 0.595. The highest BCUT2D eigenvalue weighted by molar-refractivity contribution is 6.24. The number of allylic oxidation sites excluding steroid dienone is 1. The molecule has 8 heteroatoms. The number of anilines is 2. The largest absolute Gasteiger partial charge is 0.324 e. The molecule has 4 atom stereocenters. The van der Waals surface area contributed by atoms with Crippen LogP contribution in [0.3, 0.4) is 0 Å². The number of hydrogen-bond acceptors (Lipinski definition) is 6. The van der Waals surface area contributed by atoms with Gasteiger partial charge in [-0.3, -0.25) is 24.2 Å². The molecule has 0 radical (unpaired) electrons. The summed E-state index contributed by atoms with van der Waals surface area (Å²) in [6, 6.07) is 13.9. The smallest absolute Gasteiger partial charge is 0.249 e. The molecule has 32 heavy (non-hydrogen) atoms. The number of imide groups is 1. The molecule has 4 unspecified atom stereocenters. The van der Waals surface area contributed by atoms with Crippen molar-refractivity contribution in [3.63, 3.8) is 0 Å². The topological polar surface area (TPSA) is 99.2 Å². The number of hydrogen-bond donors (Lipinski definition) is 1. The lowest BCUT2D eigenvalue weighted by atomic mass is 9.88. The number of carbonyl (C=O) groups excluding carboxylic acids is 4. The molecule has 2 aromatic carbocycles. The van der Waals surface area contributed by atoms with E-state index in [0.717, 1.165) is 4.90 Å². The van der Waals surface area contributed by atoms with Crippen molar-refractivity contribution in [3.8, 4) is 0 Å². The zero-order chi connectivity index (χ0) is 22.4. The molecular formula is C24H20N4O4. The molecule has 3 aliphatic rings. The first-order valence-corrected chi connectivity index (χ1v) is 10.3. The number of nitrogens with one attached hydrogen (secondary N) is 1. The summed E-state index contributed by atoms with van der Waals surface area (Å²) in [6.45, 7) is 1.45. The first-order chi connectivity index (χ1) is 15.5. The van der Waals surface area contributed by atoms with Gasteiger partial charge in [0.25, 0.3) is 0 Å². The zero-order valence-corrected chi connectivity index (χ0v) is 17.2. The van der Waals surface area contributed by atoms with Crippen molar-refractivity contribution < 1.29 is 19.2 Å². The average molecular weight is 428 g/mol. The Bertz CT molecular complexity index is 1170. The Morgan fingerprint density at radius 3 is 2.31 bits per heavy atom. The summed E-state index contributed by atoms with van der Waals surface area (Å²) in [7, 11) is 0. The van der Waals surface area contributed by atoms with E-state index in [1.807, 2.05) is 6.07 Å². The Hall–Kier alpha value is -4.07. The number of ketones is 1. The van der Waals surface area contributed by atoms with E-state index in [4.69, 9.17) is 0 Å². The highest BCUT2D eigenvalue weighted by atomic mass is 16.2. The van der Waals surface area contributed by atoms with Crippen LogP contribution < -0.4 is 10.2 Å². The lowest BCUT2D eigenvalue weighted by Crippen LogP contribution is -2.47. The molecule has 8 nitrogen and oxygen atoms in total. The summed E-state index contributed by atoms with van der Waals surface area (Å²) >= 11 is 0. The van der Waals surface area contributed by atoms with Crippen molar-refractivity contribution in [1.29, 1.82) is 0 Å². The number of nitrogens with zero attached hydrogens (tertiary/aromatic N) is 3. The van der Waals surface area contributed by atoms with Crippen molar-refractivity contribution in [2.45, 2.75) is 19.0 Å². The van der Waals surface area contributed by atoms with Gasteiger partial charge in [-0.1, -0.05) is 24.3 Å². The molecule has 0 saturated carbocycles. The van der Waals surface area contributed by atoms with Gasteiger partial charge in [-0.05, 0) is 49.4 Å². The van der Waals surface area contributed by atoms with Crippen LogP contribution in [0.5, 0.6) is 0 Å². The number of fused-ring (bicyclic) bond motifs is 3. The highest BCUT2D eigenvalue weighted by Crippen LogP contribution is 2.45. The summed E-state index contributed by atoms with van der Waals surface area (Å²) in [5.41, 5.74) is 1.47. The molecule has 3 amide bonds. The van der Waals surface area contributed by atoms with E-state index < -0.39 is 35.7 Å². The molecule has 5 rings (SSSR count). The van der Waals surface area contributed by atoms with Crippen LogP contribution in [0.25, 0.3) is 0 Å². The van der Waals surface area contributed by atoms with Crippen molar-refractivity contribution in [2.24, 2.45) is 16.9 Å². The molecular weight excluding hydrogens is 408 g/mol. The highest BCUT2D eigenvalue weighted by Gasteiger charge is 2.64. The van der Waals surface area contributed by atoms with Crippen LogP contribution in [-0.2, 0) is 14.4 Å². The molecule has 1 N–H and O–H groups in total. The summed E-state index contributed by atoms with van der Waals surface area (Å²) in [5, 5.41) is 8.71. The summed E-state index contributed by atoms with van der Waals surface area (Å²) in [4.78, 5) is 52.8. The van der Waals surface area contributed by atoms with Gasteiger partial charge in [0.2, 0.25) is 17.7 Å². The number of rotatable bonds is 4. The zero-order valence-electron chi connectivity index (χ0n) is 17.2. The fourth-order valence-corrected chi connectivity index (χ4v) is 4.67. The van der Waals surface area contributed by atoms with Crippen LogP contribution in [0, 0.1) is 11.8 Å². The van der Waals surface area contributed by atoms with E-state index in [1.54, 1.807) is 71.9 Å². The van der Waals surface area contributed by atoms with E-state index in [2.05, 4.69) is 10.4 Å². The fourth-order valence-electron chi connectivity index (χ4n) is 4.67. The van der Waals surface area contributed by atoms with Crippen molar-refractivity contribution in [3.05, 3.63) is 72.3 Å². The molecule has 3 heterocycles. The Morgan fingerprint density at radius 1 is 0.938 bits per heavy atom. The van der Waals surface area contributed by atoms with Crippen LogP contribution in [0.1, 0.15) is 17.3 Å². The predicted molar refractivity (Wildman–Crippen MR) is 118 cm³/mol. The van der Waals surface area contributed by atoms with Gasteiger partial charge in [0, 0.05) is 17.5 Å². The Morgan fingerprint density at radius 2 is 1.62 bits per heavy atom. The number of hydrazone groups is 1. The van der Waals surface area contributed by atoms with Crippen LogP contribution in [0.2, 0.25) is 0 Å². The van der Waals surface area contributed by atoms with Gasteiger partial charge in [-0.25, -0.2) is 4.90 Å². The maximum absolute atomic E-state index is 13.5. The molecule has 0 aromatic heterocycles. The van der Waals surface area contributed by atoms with E-state index in [0.29, 0.717) is 16.9 Å². The Kier molecular flexibility index (Phi) is 4.70. The van der Waals surface area contributed by atoms with Crippen molar-refractivity contribution >= 4 is 41.1 Å². The number of carbonyl (C=O) groups is 4. The number of amides is 3. The van der Waals surface area contributed by atoms with Crippen molar-refractivity contribution in [2.75, 3.05) is 10.2 Å². The Balaban J connectivity index is 1.50. The number of Topliss-reactive ketones (excluding diaryl/α,β-unsaturated/α-hetero) is 1. The molecule has 0 spiro atoms. The second-order valence-electron chi connectivity index (χ2n) is 7.99. The third-order valence-electron chi connectivity index (χ3n) is 6.13. The van der Waals surface area contributed by atoms with Crippen LogP contribution in [0.4, 0.5) is 11.4 Å². The van der Waals surface area contributed by atoms with E-state index in [-0.39, 0.29) is 11.7 Å². The number of para-hydroxylation sites is 1. The summed E-state index contributed by atoms with van der Waals surface area (Å²) in [5.74, 6) is -2.91. The van der Waals surface area contributed by atoms with Gasteiger partial charge < -0.3 is 5.32 Å².